The molecule has 6 heteroatoms. The Labute approximate surface area is 130 Å². The van der Waals surface area contributed by atoms with E-state index in [1.54, 1.807) is 6.92 Å². The minimum Gasteiger partial charge on any atom is -0.465 e. The maximum atomic E-state index is 12.4. The second-order valence-electron chi connectivity index (χ2n) is 4.77. The topological polar surface area (TPSA) is 72.5 Å². The van der Waals surface area contributed by atoms with E-state index in [-0.39, 0.29) is 16.5 Å². The Kier molecular flexibility index (Phi) is 4.95. The summed E-state index contributed by atoms with van der Waals surface area (Å²) in [5, 5.41) is 0. The highest BCUT2D eigenvalue weighted by Gasteiger charge is 2.19. The number of esters is 1. The Morgan fingerprint density at radius 2 is 1.77 bits per heavy atom. The van der Waals surface area contributed by atoms with Gasteiger partial charge in [-0.05, 0) is 30.7 Å². The quantitative estimate of drug-likeness (QED) is 0.860. The summed E-state index contributed by atoms with van der Waals surface area (Å²) in [7, 11) is -2.48. The third kappa shape index (κ3) is 3.72. The van der Waals surface area contributed by atoms with E-state index in [0.717, 1.165) is 5.56 Å². The SMILES string of the molecule is COC(=O)c1cccc(S(=O)(=O)N[C@@H](C)c2ccccc2)c1. The zero-order valence-corrected chi connectivity index (χ0v) is 13.1. The maximum absolute atomic E-state index is 12.4. The fraction of sp³-hybridized carbons (Fsp3) is 0.188. The van der Waals surface area contributed by atoms with Gasteiger partial charge in [-0.15, -0.1) is 0 Å². The van der Waals surface area contributed by atoms with Crippen LogP contribution in [-0.4, -0.2) is 21.5 Å². The van der Waals surface area contributed by atoms with Crippen molar-refractivity contribution >= 4 is 16.0 Å². The van der Waals surface area contributed by atoms with Gasteiger partial charge in [0.25, 0.3) is 0 Å². The molecule has 2 aromatic rings. The third-order valence-corrected chi connectivity index (χ3v) is 4.74. The lowest BCUT2D eigenvalue weighted by Gasteiger charge is -2.15. The molecule has 0 unspecified atom stereocenters. The van der Waals surface area contributed by atoms with Crippen molar-refractivity contribution in [2.24, 2.45) is 0 Å². The molecule has 5 nitrogen and oxygen atoms in total. The molecular formula is C16H17NO4S. The highest BCUT2D eigenvalue weighted by atomic mass is 32.2. The number of rotatable bonds is 5. The van der Waals surface area contributed by atoms with Gasteiger partial charge in [-0.3, -0.25) is 0 Å². The van der Waals surface area contributed by atoms with Gasteiger partial charge in [0.15, 0.2) is 0 Å². The minimum absolute atomic E-state index is 0.0261. The molecule has 0 radical (unpaired) electrons. The number of methoxy groups -OCH3 is 1. The van der Waals surface area contributed by atoms with Gasteiger partial charge in [0, 0.05) is 6.04 Å². The van der Waals surface area contributed by atoms with Crippen LogP contribution in [0.2, 0.25) is 0 Å². The van der Waals surface area contributed by atoms with Crippen molar-refractivity contribution in [1.82, 2.24) is 4.72 Å². The van der Waals surface area contributed by atoms with Gasteiger partial charge in [0.1, 0.15) is 0 Å². The third-order valence-electron chi connectivity index (χ3n) is 3.20. The lowest BCUT2D eigenvalue weighted by Crippen LogP contribution is -2.27. The molecule has 2 rings (SSSR count). The Morgan fingerprint density at radius 1 is 1.09 bits per heavy atom. The highest BCUT2D eigenvalue weighted by Crippen LogP contribution is 2.18. The summed E-state index contributed by atoms with van der Waals surface area (Å²) in [6.07, 6.45) is 0. The monoisotopic (exact) mass is 319 g/mol. The van der Waals surface area contributed by atoms with Crippen molar-refractivity contribution in [3.05, 3.63) is 65.7 Å². The minimum atomic E-state index is -3.73. The van der Waals surface area contributed by atoms with Gasteiger partial charge in [0.2, 0.25) is 10.0 Å². The van der Waals surface area contributed by atoms with Gasteiger partial charge < -0.3 is 4.74 Å². The molecule has 0 saturated carbocycles. The summed E-state index contributed by atoms with van der Waals surface area (Å²) in [6.45, 7) is 1.76. The van der Waals surface area contributed by atoms with Crippen LogP contribution in [0.15, 0.2) is 59.5 Å². The summed E-state index contributed by atoms with van der Waals surface area (Å²) in [6, 6.07) is 14.6. The summed E-state index contributed by atoms with van der Waals surface area (Å²) in [5.74, 6) is -0.576. The lowest BCUT2D eigenvalue weighted by molar-refractivity contribution is 0.0600. The molecule has 0 spiro atoms. The van der Waals surface area contributed by atoms with Crippen molar-refractivity contribution in [3.8, 4) is 0 Å². The summed E-state index contributed by atoms with van der Waals surface area (Å²) in [4.78, 5) is 11.5. The molecular weight excluding hydrogens is 302 g/mol. The first-order valence-electron chi connectivity index (χ1n) is 6.69. The second kappa shape index (κ2) is 6.72. The van der Waals surface area contributed by atoms with Crippen molar-refractivity contribution < 1.29 is 17.9 Å². The van der Waals surface area contributed by atoms with E-state index in [4.69, 9.17) is 0 Å². The van der Waals surface area contributed by atoms with Crippen molar-refractivity contribution in [2.45, 2.75) is 17.9 Å². The molecule has 0 aliphatic carbocycles. The average molecular weight is 319 g/mol. The number of benzene rings is 2. The fourth-order valence-electron chi connectivity index (χ4n) is 2.02. The predicted molar refractivity (Wildman–Crippen MR) is 83.0 cm³/mol. The van der Waals surface area contributed by atoms with Crippen LogP contribution < -0.4 is 4.72 Å². The van der Waals surface area contributed by atoms with Crippen LogP contribution >= 0.6 is 0 Å². The van der Waals surface area contributed by atoms with Crippen molar-refractivity contribution in [3.63, 3.8) is 0 Å². The molecule has 0 bridgehead atoms. The zero-order valence-electron chi connectivity index (χ0n) is 12.3. The van der Waals surface area contributed by atoms with Gasteiger partial charge >= 0.3 is 5.97 Å². The normalized spacial score (nSPS) is 12.6. The van der Waals surface area contributed by atoms with E-state index in [2.05, 4.69) is 9.46 Å². The first-order valence-corrected chi connectivity index (χ1v) is 8.18. The van der Waals surface area contributed by atoms with E-state index >= 15 is 0 Å². The smallest absolute Gasteiger partial charge is 0.337 e. The number of sulfonamides is 1. The van der Waals surface area contributed by atoms with Crippen molar-refractivity contribution in [2.75, 3.05) is 7.11 Å². The van der Waals surface area contributed by atoms with E-state index < -0.39 is 16.0 Å². The van der Waals surface area contributed by atoms with Crippen LogP contribution in [0.5, 0.6) is 0 Å². The second-order valence-corrected chi connectivity index (χ2v) is 6.49. The zero-order chi connectivity index (χ0) is 16.2. The molecule has 2 aromatic carbocycles. The van der Waals surface area contributed by atoms with E-state index in [9.17, 15) is 13.2 Å². The maximum Gasteiger partial charge on any atom is 0.337 e. The largest absolute Gasteiger partial charge is 0.465 e. The molecule has 0 heterocycles. The van der Waals surface area contributed by atoms with Gasteiger partial charge in [-0.2, -0.15) is 0 Å². The number of hydrogen-bond acceptors (Lipinski definition) is 4. The number of ether oxygens (including phenoxy) is 1. The van der Waals surface area contributed by atoms with Gasteiger partial charge in [0.05, 0.1) is 17.6 Å². The van der Waals surface area contributed by atoms with Gasteiger partial charge in [-0.1, -0.05) is 36.4 Å². The Bertz CT molecular complexity index is 757. The molecule has 22 heavy (non-hydrogen) atoms. The molecule has 0 fully saturated rings. The first kappa shape index (κ1) is 16.2. The number of nitrogens with one attached hydrogen (secondary N) is 1. The number of carbonyl (C=O) groups excluding carboxylic acids is 1. The average Bonchev–Trinajstić information content (AvgIpc) is 2.54. The lowest BCUT2D eigenvalue weighted by atomic mass is 10.1. The standard InChI is InChI=1S/C16H17NO4S/c1-12(13-7-4-3-5-8-13)17-22(19,20)15-10-6-9-14(11-15)16(18)21-2/h3-12,17H,1-2H3/t12-/m0/s1. The predicted octanol–water partition coefficient (Wildman–Crippen LogP) is 2.51. The van der Waals surface area contributed by atoms with E-state index in [1.165, 1.54) is 31.4 Å². The summed E-state index contributed by atoms with van der Waals surface area (Å²) >= 11 is 0. The van der Waals surface area contributed by atoms with Crippen LogP contribution in [0, 0.1) is 0 Å². The summed E-state index contributed by atoms with van der Waals surface area (Å²) in [5.41, 5.74) is 1.05. The Hall–Kier alpha value is -2.18. The Balaban J connectivity index is 2.25. The van der Waals surface area contributed by atoms with E-state index in [0.29, 0.717) is 0 Å². The summed E-state index contributed by atoms with van der Waals surface area (Å²) < 4.78 is 32.0. The molecule has 116 valence electrons. The van der Waals surface area contributed by atoms with Crippen LogP contribution in [-0.2, 0) is 14.8 Å². The van der Waals surface area contributed by atoms with E-state index in [1.807, 2.05) is 30.3 Å². The molecule has 0 saturated heterocycles. The van der Waals surface area contributed by atoms with Crippen LogP contribution in [0.4, 0.5) is 0 Å². The van der Waals surface area contributed by atoms with Crippen LogP contribution in [0.1, 0.15) is 28.9 Å². The number of hydrogen-bond donors (Lipinski definition) is 1. The molecule has 0 aliphatic rings. The highest BCUT2D eigenvalue weighted by molar-refractivity contribution is 7.89. The van der Waals surface area contributed by atoms with Crippen molar-refractivity contribution in [1.29, 1.82) is 0 Å². The van der Waals surface area contributed by atoms with Crippen LogP contribution in [0.25, 0.3) is 0 Å². The molecule has 0 aromatic heterocycles. The first-order chi connectivity index (χ1) is 10.4. The molecule has 0 amide bonds. The Morgan fingerprint density at radius 3 is 2.41 bits per heavy atom. The van der Waals surface area contributed by atoms with Gasteiger partial charge in [-0.25, -0.2) is 17.9 Å². The number of carbonyl (C=O) groups is 1. The van der Waals surface area contributed by atoms with Crippen LogP contribution in [0.3, 0.4) is 0 Å². The molecule has 1 atom stereocenters. The molecule has 1 N–H and O–H groups in total. The fourth-order valence-corrected chi connectivity index (χ4v) is 3.30. The molecule has 0 aliphatic heterocycles.